The zero-order chi connectivity index (χ0) is 13.4. The minimum Gasteiger partial charge on any atom is -0.468 e. The van der Waals surface area contributed by atoms with E-state index in [9.17, 15) is 4.79 Å². The van der Waals surface area contributed by atoms with E-state index in [0.717, 1.165) is 44.4 Å². The van der Waals surface area contributed by atoms with E-state index in [1.165, 1.54) is 13.5 Å². The molecule has 1 rings (SSSR count). The monoisotopic (exact) mass is 255 g/mol. The number of hydrogen-bond donors (Lipinski definition) is 2. The van der Waals surface area contributed by atoms with Crippen molar-refractivity contribution in [2.45, 2.75) is 63.5 Å². The van der Waals surface area contributed by atoms with Crippen LogP contribution >= 0.6 is 0 Å². The number of amidine groups is 1. The van der Waals surface area contributed by atoms with E-state index in [4.69, 9.17) is 11.5 Å². The molecule has 0 fully saturated rings. The minimum atomic E-state index is -0.488. The molecule has 0 aliphatic carbocycles. The van der Waals surface area contributed by atoms with Gasteiger partial charge in [-0.25, -0.2) is 0 Å². The van der Waals surface area contributed by atoms with Crippen LogP contribution < -0.4 is 11.5 Å². The molecule has 0 saturated heterocycles. The highest BCUT2D eigenvalue weighted by Crippen LogP contribution is 2.17. The van der Waals surface area contributed by atoms with E-state index in [0.29, 0.717) is 12.5 Å². The third-order valence-corrected chi connectivity index (χ3v) is 3.38. The van der Waals surface area contributed by atoms with Crippen molar-refractivity contribution in [3.63, 3.8) is 0 Å². The van der Waals surface area contributed by atoms with E-state index >= 15 is 0 Å². The Labute approximate surface area is 109 Å². The number of unbranched alkanes of at least 4 members (excludes halogenated alkanes) is 1. The average molecular weight is 255 g/mol. The zero-order valence-corrected chi connectivity index (χ0v) is 11.2. The van der Waals surface area contributed by atoms with E-state index in [1.807, 2.05) is 0 Å². The molecular weight excluding hydrogens is 230 g/mol. The topological polar surface area (TPSA) is 90.7 Å². The highest BCUT2D eigenvalue weighted by Gasteiger charge is 2.14. The number of ether oxygens (including phenoxy) is 1. The number of rotatable bonds is 6. The average Bonchev–Trinajstić information content (AvgIpc) is 2.57. The predicted octanol–water partition coefficient (Wildman–Crippen LogP) is 1.35. The van der Waals surface area contributed by atoms with Crippen molar-refractivity contribution < 1.29 is 9.53 Å². The van der Waals surface area contributed by atoms with Crippen LogP contribution in [0.25, 0.3) is 0 Å². The Kier molecular flexibility index (Phi) is 6.72. The molecule has 0 aromatic carbocycles. The lowest BCUT2D eigenvalue weighted by molar-refractivity contribution is -0.142. The van der Waals surface area contributed by atoms with Crippen LogP contribution in [0.3, 0.4) is 0 Å². The number of nitrogens with zero attached hydrogens (tertiary/aromatic N) is 1. The van der Waals surface area contributed by atoms with Gasteiger partial charge < -0.3 is 16.2 Å². The lowest BCUT2D eigenvalue weighted by Crippen LogP contribution is -2.31. The van der Waals surface area contributed by atoms with E-state index in [2.05, 4.69) is 9.73 Å². The maximum Gasteiger partial charge on any atom is 0.322 e. The molecule has 0 spiro atoms. The molecule has 2 atom stereocenters. The van der Waals surface area contributed by atoms with Gasteiger partial charge in [0, 0.05) is 6.42 Å². The van der Waals surface area contributed by atoms with Gasteiger partial charge in [0.15, 0.2) is 0 Å². The van der Waals surface area contributed by atoms with Crippen LogP contribution in [0.5, 0.6) is 0 Å². The van der Waals surface area contributed by atoms with Crippen LogP contribution in [0.2, 0.25) is 0 Å². The summed E-state index contributed by atoms with van der Waals surface area (Å²) in [5.74, 6) is 0.468. The van der Waals surface area contributed by atoms with Crippen molar-refractivity contribution in [2.75, 3.05) is 7.11 Å². The second-order valence-corrected chi connectivity index (χ2v) is 4.93. The molecule has 0 bridgehead atoms. The van der Waals surface area contributed by atoms with Gasteiger partial charge in [-0.1, -0.05) is 19.3 Å². The fourth-order valence-corrected chi connectivity index (χ4v) is 2.27. The number of carbonyl (C=O) groups excluding carboxylic acids is 1. The molecule has 1 aliphatic rings. The number of methoxy groups -OCH3 is 1. The predicted molar refractivity (Wildman–Crippen MR) is 72.3 cm³/mol. The first kappa shape index (κ1) is 15.0. The second-order valence-electron chi connectivity index (χ2n) is 4.93. The highest BCUT2D eigenvalue weighted by molar-refractivity contribution is 5.80. The van der Waals surface area contributed by atoms with Gasteiger partial charge in [-0.15, -0.1) is 0 Å². The quantitative estimate of drug-likeness (QED) is 0.553. The first-order chi connectivity index (χ1) is 8.63. The van der Waals surface area contributed by atoms with Crippen molar-refractivity contribution in [2.24, 2.45) is 16.5 Å². The van der Waals surface area contributed by atoms with Gasteiger partial charge >= 0.3 is 5.97 Å². The Balaban J connectivity index is 2.17. The smallest absolute Gasteiger partial charge is 0.322 e. The van der Waals surface area contributed by atoms with Crippen LogP contribution in [0.1, 0.15) is 51.4 Å². The SMILES string of the molecule is COC(=O)[C@H](N)CCCC[C@H]1CCCCC(N)=N1. The first-order valence-corrected chi connectivity index (χ1v) is 6.79. The van der Waals surface area contributed by atoms with Gasteiger partial charge in [0.2, 0.25) is 0 Å². The fourth-order valence-electron chi connectivity index (χ4n) is 2.27. The molecule has 0 aromatic heterocycles. The molecule has 0 unspecified atom stereocenters. The molecule has 4 N–H and O–H groups in total. The van der Waals surface area contributed by atoms with Crippen LogP contribution in [0.15, 0.2) is 4.99 Å². The van der Waals surface area contributed by atoms with Crippen LogP contribution in [0, 0.1) is 0 Å². The molecular formula is C13H25N3O2. The largest absolute Gasteiger partial charge is 0.468 e. The summed E-state index contributed by atoms with van der Waals surface area (Å²) >= 11 is 0. The summed E-state index contributed by atoms with van der Waals surface area (Å²) in [7, 11) is 1.37. The van der Waals surface area contributed by atoms with E-state index in [-0.39, 0.29) is 5.97 Å². The number of aliphatic imine (C=N–C) groups is 1. The molecule has 104 valence electrons. The summed E-state index contributed by atoms with van der Waals surface area (Å²) in [4.78, 5) is 15.6. The second kappa shape index (κ2) is 8.08. The maximum absolute atomic E-state index is 11.1. The van der Waals surface area contributed by atoms with Crippen LogP contribution in [0.4, 0.5) is 0 Å². The molecule has 5 nitrogen and oxygen atoms in total. The molecule has 0 saturated carbocycles. The summed E-state index contributed by atoms with van der Waals surface area (Å²) in [5, 5.41) is 0. The van der Waals surface area contributed by atoms with Gasteiger partial charge in [0.1, 0.15) is 6.04 Å². The number of hydrogen-bond acceptors (Lipinski definition) is 5. The Hall–Kier alpha value is -1.10. The number of carbonyl (C=O) groups is 1. The summed E-state index contributed by atoms with van der Waals surface area (Å²) in [5.41, 5.74) is 11.5. The van der Waals surface area contributed by atoms with Crippen molar-refractivity contribution >= 4 is 11.8 Å². The lowest BCUT2D eigenvalue weighted by atomic mass is 10.0. The number of nitrogens with two attached hydrogens (primary N) is 2. The van der Waals surface area contributed by atoms with Gasteiger partial charge in [-0.05, 0) is 25.7 Å². The lowest BCUT2D eigenvalue weighted by Gasteiger charge is -2.12. The highest BCUT2D eigenvalue weighted by atomic mass is 16.5. The molecule has 1 heterocycles. The standard InChI is InChI=1S/C13H25N3O2/c1-18-13(17)11(14)8-4-2-6-10-7-3-5-9-12(15)16-10/h10-11H,2-9,14H2,1H3,(H2,15,16)/t10-,11+/m0/s1. The molecule has 5 heteroatoms. The van der Waals surface area contributed by atoms with Crippen molar-refractivity contribution in [3.05, 3.63) is 0 Å². The van der Waals surface area contributed by atoms with E-state index in [1.54, 1.807) is 0 Å². The van der Waals surface area contributed by atoms with Crippen LogP contribution in [-0.4, -0.2) is 31.0 Å². The Morgan fingerprint density at radius 2 is 2.28 bits per heavy atom. The van der Waals surface area contributed by atoms with Gasteiger partial charge in [-0.2, -0.15) is 0 Å². The maximum atomic E-state index is 11.1. The van der Waals surface area contributed by atoms with Crippen LogP contribution in [-0.2, 0) is 9.53 Å². The van der Waals surface area contributed by atoms with Crippen molar-refractivity contribution in [1.82, 2.24) is 0 Å². The fraction of sp³-hybridized carbons (Fsp3) is 0.846. The normalized spacial score (nSPS) is 21.9. The minimum absolute atomic E-state index is 0.327. The Morgan fingerprint density at radius 1 is 1.50 bits per heavy atom. The molecule has 0 radical (unpaired) electrons. The first-order valence-electron chi connectivity index (χ1n) is 6.79. The molecule has 0 aromatic rings. The third kappa shape index (κ3) is 5.49. The van der Waals surface area contributed by atoms with E-state index < -0.39 is 6.04 Å². The zero-order valence-electron chi connectivity index (χ0n) is 11.2. The van der Waals surface area contributed by atoms with Gasteiger partial charge in [0.25, 0.3) is 0 Å². The summed E-state index contributed by atoms with van der Waals surface area (Å²) in [6, 6.07) is -0.125. The Bertz CT molecular complexity index is 292. The van der Waals surface area contributed by atoms with Gasteiger partial charge in [-0.3, -0.25) is 9.79 Å². The Morgan fingerprint density at radius 3 is 3.00 bits per heavy atom. The summed E-state index contributed by atoms with van der Waals surface area (Å²) in [6.45, 7) is 0. The molecule has 1 aliphatic heterocycles. The number of esters is 1. The van der Waals surface area contributed by atoms with Gasteiger partial charge in [0.05, 0.1) is 19.0 Å². The summed E-state index contributed by atoms with van der Waals surface area (Å²) in [6.07, 6.45) is 8.10. The van der Waals surface area contributed by atoms with Crippen molar-refractivity contribution in [1.29, 1.82) is 0 Å². The third-order valence-electron chi connectivity index (χ3n) is 3.38. The summed E-state index contributed by atoms with van der Waals surface area (Å²) < 4.78 is 4.59. The van der Waals surface area contributed by atoms with Crippen molar-refractivity contribution in [3.8, 4) is 0 Å². The molecule has 18 heavy (non-hydrogen) atoms. The molecule has 0 amide bonds.